The minimum absolute atomic E-state index is 0.166. The fourth-order valence-electron chi connectivity index (χ4n) is 4.18. The molecule has 33 heavy (non-hydrogen) atoms. The van der Waals surface area contributed by atoms with Crippen LogP contribution >= 0.6 is 0 Å². The molecule has 164 valence electrons. The monoisotopic (exact) mass is 437 g/mol. The second-order valence-electron chi connectivity index (χ2n) is 7.82. The number of amides is 1. The predicted molar refractivity (Wildman–Crippen MR) is 128 cm³/mol. The van der Waals surface area contributed by atoms with Crippen LogP contribution in [-0.2, 0) is 4.79 Å². The molecule has 0 aliphatic carbocycles. The third kappa shape index (κ3) is 3.89. The molecule has 1 aliphatic heterocycles. The topological polar surface area (TPSA) is 81.4 Å². The Hall–Kier alpha value is -4.26. The fraction of sp³-hybridized carbons (Fsp3) is 0.154. The number of fused-ring (bicyclic) bond motifs is 1. The van der Waals surface area contributed by atoms with E-state index in [4.69, 9.17) is 9.84 Å². The van der Waals surface area contributed by atoms with Gasteiger partial charge in [0.25, 0.3) is 0 Å². The summed E-state index contributed by atoms with van der Waals surface area (Å²) in [6.45, 7) is 1.86. The van der Waals surface area contributed by atoms with Gasteiger partial charge in [0.15, 0.2) is 5.82 Å². The number of rotatable bonds is 5. The highest BCUT2D eigenvalue weighted by atomic mass is 16.5. The van der Waals surface area contributed by atoms with Gasteiger partial charge in [-0.3, -0.25) is 4.79 Å². The van der Waals surface area contributed by atoms with Gasteiger partial charge >= 0.3 is 0 Å². The molecule has 1 aliphatic rings. The number of hydrogen-bond donors (Lipinski definition) is 1. The number of nitrogens with zero attached hydrogens (tertiary/aromatic N) is 4. The van der Waals surface area contributed by atoms with Crippen LogP contribution in [0.4, 0.5) is 11.6 Å². The number of para-hydroxylation sites is 2. The van der Waals surface area contributed by atoms with Crippen LogP contribution in [0.5, 0.6) is 5.75 Å². The largest absolute Gasteiger partial charge is 0.496 e. The van der Waals surface area contributed by atoms with E-state index in [2.05, 4.69) is 15.3 Å². The van der Waals surface area contributed by atoms with Crippen molar-refractivity contribution >= 4 is 23.3 Å². The van der Waals surface area contributed by atoms with Gasteiger partial charge in [-0.25, -0.2) is 9.67 Å². The van der Waals surface area contributed by atoms with Crippen LogP contribution in [0.2, 0.25) is 0 Å². The number of benzene rings is 3. The Labute approximate surface area is 191 Å². The molecular formula is C26H23N5O2. The van der Waals surface area contributed by atoms with E-state index >= 15 is 0 Å². The molecule has 3 aromatic carbocycles. The van der Waals surface area contributed by atoms with Gasteiger partial charge in [-0.15, -0.1) is 5.10 Å². The maximum atomic E-state index is 13.6. The van der Waals surface area contributed by atoms with Crippen molar-refractivity contribution in [3.8, 4) is 17.1 Å². The van der Waals surface area contributed by atoms with E-state index < -0.39 is 12.0 Å². The van der Waals surface area contributed by atoms with Crippen molar-refractivity contribution in [1.82, 2.24) is 14.8 Å². The molecule has 0 saturated heterocycles. The molecule has 2 unspecified atom stereocenters. The summed E-state index contributed by atoms with van der Waals surface area (Å²) in [6, 6.07) is 26.4. The highest BCUT2D eigenvalue weighted by molar-refractivity contribution is 6.10. The van der Waals surface area contributed by atoms with E-state index in [-0.39, 0.29) is 5.91 Å². The van der Waals surface area contributed by atoms with Gasteiger partial charge in [0.2, 0.25) is 11.9 Å². The predicted octanol–water partition coefficient (Wildman–Crippen LogP) is 4.90. The molecular weight excluding hydrogens is 414 g/mol. The second-order valence-corrected chi connectivity index (χ2v) is 7.82. The van der Waals surface area contributed by atoms with E-state index in [1.807, 2.05) is 91.9 Å². The minimum atomic E-state index is -0.598. The zero-order valence-electron chi connectivity index (χ0n) is 18.3. The van der Waals surface area contributed by atoms with Gasteiger partial charge in [-0.05, 0) is 25.1 Å². The van der Waals surface area contributed by atoms with E-state index in [9.17, 15) is 4.79 Å². The molecule has 0 radical (unpaired) electrons. The number of aliphatic imine (C=N–C) groups is 1. The zero-order chi connectivity index (χ0) is 22.8. The lowest BCUT2D eigenvalue weighted by Crippen LogP contribution is -2.39. The SMILES string of the molecule is COc1ccccc1C1C(C(=O)Nc2ccccc2)C(C)=Nc2nc(-c3ccccc3)nn21. The molecule has 0 bridgehead atoms. The first-order valence-corrected chi connectivity index (χ1v) is 10.7. The molecule has 0 saturated carbocycles. The Kier molecular flexibility index (Phi) is 5.44. The summed E-state index contributed by atoms with van der Waals surface area (Å²) >= 11 is 0. The first-order valence-electron chi connectivity index (χ1n) is 10.7. The summed E-state index contributed by atoms with van der Waals surface area (Å²) in [5.41, 5.74) is 3.12. The summed E-state index contributed by atoms with van der Waals surface area (Å²) < 4.78 is 7.39. The van der Waals surface area contributed by atoms with Gasteiger partial charge in [-0.2, -0.15) is 4.98 Å². The number of hydrogen-bond acceptors (Lipinski definition) is 5. The van der Waals surface area contributed by atoms with Crippen molar-refractivity contribution in [2.24, 2.45) is 10.9 Å². The molecule has 7 heteroatoms. The maximum absolute atomic E-state index is 13.6. The van der Waals surface area contributed by atoms with Crippen molar-refractivity contribution in [3.63, 3.8) is 0 Å². The third-order valence-corrected chi connectivity index (χ3v) is 5.73. The minimum Gasteiger partial charge on any atom is -0.496 e. The summed E-state index contributed by atoms with van der Waals surface area (Å²) in [5, 5.41) is 7.82. The number of nitrogens with one attached hydrogen (secondary N) is 1. The summed E-state index contributed by atoms with van der Waals surface area (Å²) in [5.74, 6) is 0.940. The summed E-state index contributed by atoms with van der Waals surface area (Å²) in [6.07, 6.45) is 0. The van der Waals surface area contributed by atoms with Crippen LogP contribution < -0.4 is 10.1 Å². The smallest absolute Gasteiger partial charge is 0.248 e. The van der Waals surface area contributed by atoms with E-state index in [0.29, 0.717) is 23.2 Å². The Balaban J connectivity index is 1.63. The average molecular weight is 438 g/mol. The van der Waals surface area contributed by atoms with Gasteiger partial charge in [0.05, 0.1) is 7.11 Å². The molecule has 0 fully saturated rings. The van der Waals surface area contributed by atoms with Crippen LogP contribution in [-0.4, -0.2) is 33.5 Å². The summed E-state index contributed by atoms with van der Waals surface area (Å²) in [7, 11) is 1.62. The molecule has 0 spiro atoms. The van der Waals surface area contributed by atoms with Gasteiger partial charge in [0.1, 0.15) is 17.7 Å². The Bertz CT molecular complexity index is 1320. The van der Waals surface area contributed by atoms with E-state index in [0.717, 1.165) is 16.8 Å². The van der Waals surface area contributed by atoms with Crippen LogP contribution in [0.3, 0.4) is 0 Å². The molecule has 7 nitrogen and oxygen atoms in total. The molecule has 1 aromatic heterocycles. The maximum Gasteiger partial charge on any atom is 0.248 e. The Morgan fingerprint density at radius 3 is 2.33 bits per heavy atom. The van der Waals surface area contributed by atoms with Crippen LogP contribution in [0.1, 0.15) is 18.5 Å². The zero-order valence-corrected chi connectivity index (χ0v) is 18.3. The standard InChI is InChI=1S/C26H23N5O2/c1-17-22(25(32)28-19-13-7-4-8-14-19)23(20-15-9-10-16-21(20)33-2)31-26(27-17)29-24(30-31)18-11-5-3-6-12-18/h3-16,22-23H,1-2H3,(H,28,32). The van der Waals surface area contributed by atoms with Crippen molar-refractivity contribution in [1.29, 1.82) is 0 Å². The Morgan fingerprint density at radius 1 is 0.939 bits per heavy atom. The quantitative estimate of drug-likeness (QED) is 0.481. The van der Waals surface area contributed by atoms with Crippen molar-refractivity contribution in [2.45, 2.75) is 13.0 Å². The lowest BCUT2D eigenvalue weighted by atomic mass is 9.87. The van der Waals surface area contributed by atoms with Crippen LogP contribution in [0.25, 0.3) is 11.4 Å². The van der Waals surface area contributed by atoms with Gasteiger partial charge in [-0.1, -0.05) is 66.7 Å². The third-order valence-electron chi connectivity index (χ3n) is 5.73. The molecule has 1 N–H and O–H groups in total. The van der Waals surface area contributed by atoms with Crippen molar-refractivity contribution < 1.29 is 9.53 Å². The van der Waals surface area contributed by atoms with Gasteiger partial charge in [0, 0.05) is 22.5 Å². The summed E-state index contributed by atoms with van der Waals surface area (Å²) in [4.78, 5) is 22.9. The first-order chi connectivity index (χ1) is 16.2. The average Bonchev–Trinajstić information content (AvgIpc) is 3.28. The van der Waals surface area contributed by atoms with E-state index in [1.165, 1.54) is 0 Å². The number of methoxy groups -OCH3 is 1. The number of carbonyl (C=O) groups is 1. The Morgan fingerprint density at radius 2 is 1.61 bits per heavy atom. The lowest BCUT2D eigenvalue weighted by molar-refractivity contribution is -0.118. The lowest BCUT2D eigenvalue weighted by Gasteiger charge is -2.31. The van der Waals surface area contributed by atoms with Crippen LogP contribution in [0.15, 0.2) is 89.9 Å². The molecule has 1 amide bonds. The molecule has 2 atom stereocenters. The number of ether oxygens (including phenoxy) is 1. The molecule has 5 rings (SSSR count). The number of aromatic nitrogens is 3. The van der Waals surface area contributed by atoms with Crippen LogP contribution in [0, 0.1) is 5.92 Å². The second kappa shape index (κ2) is 8.70. The fourth-order valence-corrected chi connectivity index (χ4v) is 4.18. The normalized spacial score (nSPS) is 17.1. The van der Waals surface area contributed by atoms with Gasteiger partial charge < -0.3 is 10.1 Å². The number of anilines is 1. The van der Waals surface area contributed by atoms with Crippen molar-refractivity contribution in [3.05, 3.63) is 90.5 Å². The van der Waals surface area contributed by atoms with E-state index in [1.54, 1.807) is 11.8 Å². The van der Waals surface area contributed by atoms with Crippen molar-refractivity contribution in [2.75, 3.05) is 12.4 Å². The molecule has 4 aromatic rings. The number of carbonyl (C=O) groups excluding carboxylic acids is 1. The first kappa shape index (κ1) is 20.6. The molecule has 2 heterocycles. The highest BCUT2D eigenvalue weighted by Gasteiger charge is 2.40. The highest BCUT2D eigenvalue weighted by Crippen LogP contribution is 2.40.